The number of amides is 2. The Hall–Kier alpha value is -3.91. The van der Waals surface area contributed by atoms with E-state index in [9.17, 15) is 14.9 Å². The zero-order chi connectivity index (χ0) is 22.3. The van der Waals surface area contributed by atoms with Gasteiger partial charge < -0.3 is 11.1 Å². The van der Waals surface area contributed by atoms with Gasteiger partial charge in [0.2, 0.25) is 11.8 Å². The molecule has 0 spiro atoms. The van der Waals surface area contributed by atoms with Gasteiger partial charge in [-0.05, 0) is 30.0 Å². The summed E-state index contributed by atoms with van der Waals surface area (Å²) in [7, 11) is 0. The van der Waals surface area contributed by atoms with Crippen molar-refractivity contribution in [3.63, 3.8) is 0 Å². The molecule has 0 bridgehead atoms. The van der Waals surface area contributed by atoms with Crippen molar-refractivity contribution in [2.75, 3.05) is 0 Å². The van der Waals surface area contributed by atoms with Gasteiger partial charge in [0.15, 0.2) is 0 Å². The lowest BCUT2D eigenvalue weighted by Crippen LogP contribution is -2.53. The number of nitrogens with two attached hydrogens (primary N) is 1. The van der Waals surface area contributed by atoms with E-state index in [1.807, 2.05) is 91.0 Å². The van der Waals surface area contributed by atoms with E-state index in [4.69, 9.17) is 5.73 Å². The number of hydrogen-bond acceptors (Lipinski definition) is 3. The molecular formula is C26H25N3O2. The van der Waals surface area contributed by atoms with E-state index < -0.39 is 23.3 Å². The van der Waals surface area contributed by atoms with Gasteiger partial charge in [0.25, 0.3) is 0 Å². The second-order valence-electron chi connectivity index (χ2n) is 7.54. The van der Waals surface area contributed by atoms with Crippen molar-refractivity contribution in [1.82, 2.24) is 5.32 Å². The van der Waals surface area contributed by atoms with Crippen LogP contribution in [0.25, 0.3) is 0 Å². The molecule has 0 fully saturated rings. The maximum Gasteiger partial charge on any atom is 0.240 e. The molecule has 0 aliphatic carbocycles. The van der Waals surface area contributed by atoms with Crippen molar-refractivity contribution in [2.45, 2.75) is 24.8 Å². The molecule has 5 heteroatoms. The predicted octanol–water partition coefficient (Wildman–Crippen LogP) is 3.54. The third kappa shape index (κ3) is 4.49. The van der Waals surface area contributed by atoms with Crippen molar-refractivity contribution >= 4 is 11.8 Å². The molecule has 0 radical (unpaired) electrons. The SMILES string of the molecule is C[C@H](C#N)C[C@H](NC(=O)C(c1ccccc1)(c1ccccc1)c1ccccc1)C(N)=O. The van der Waals surface area contributed by atoms with Crippen molar-refractivity contribution in [3.05, 3.63) is 108 Å². The molecule has 3 rings (SSSR count). The molecule has 0 unspecified atom stereocenters. The standard InChI is InChI=1S/C26H25N3O2/c1-19(18-27)17-23(24(28)30)29-25(31)26(20-11-5-2-6-12-20,21-13-7-3-8-14-21)22-15-9-4-10-16-22/h2-16,19,23H,17H2,1H3,(H2,28,30)(H,29,31)/t19-,23-/m0/s1. The van der Waals surface area contributed by atoms with E-state index in [0.717, 1.165) is 16.7 Å². The lowest BCUT2D eigenvalue weighted by Gasteiger charge is -2.35. The average Bonchev–Trinajstić information content (AvgIpc) is 2.81. The number of carbonyl (C=O) groups is 2. The Morgan fingerprint density at radius 1 is 0.871 bits per heavy atom. The van der Waals surface area contributed by atoms with Crippen LogP contribution in [-0.4, -0.2) is 17.9 Å². The fourth-order valence-corrected chi connectivity index (χ4v) is 3.88. The Morgan fingerprint density at radius 3 is 1.58 bits per heavy atom. The highest BCUT2D eigenvalue weighted by molar-refractivity contribution is 5.98. The van der Waals surface area contributed by atoms with Crippen molar-refractivity contribution in [1.29, 1.82) is 5.26 Å². The highest BCUT2D eigenvalue weighted by Gasteiger charge is 2.44. The van der Waals surface area contributed by atoms with Gasteiger partial charge in [0, 0.05) is 5.92 Å². The molecule has 0 aromatic heterocycles. The quantitative estimate of drug-likeness (QED) is 0.555. The lowest BCUT2D eigenvalue weighted by atomic mass is 9.68. The van der Waals surface area contributed by atoms with Gasteiger partial charge in [-0.15, -0.1) is 0 Å². The van der Waals surface area contributed by atoms with Crippen LogP contribution in [0, 0.1) is 17.2 Å². The third-order valence-electron chi connectivity index (χ3n) is 5.42. The number of nitrogens with one attached hydrogen (secondary N) is 1. The predicted molar refractivity (Wildman–Crippen MR) is 120 cm³/mol. The molecule has 0 saturated heterocycles. The molecule has 156 valence electrons. The number of nitrogens with zero attached hydrogens (tertiary/aromatic N) is 1. The van der Waals surface area contributed by atoms with Crippen LogP contribution in [-0.2, 0) is 15.0 Å². The summed E-state index contributed by atoms with van der Waals surface area (Å²) in [4.78, 5) is 26.2. The maximum absolute atomic E-state index is 14.0. The van der Waals surface area contributed by atoms with E-state index in [0.29, 0.717) is 0 Å². The van der Waals surface area contributed by atoms with Crippen molar-refractivity contribution in [3.8, 4) is 6.07 Å². The number of hydrogen-bond donors (Lipinski definition) is 2. The number of carbonyl (C=O) groups excluding carboxylic acids is 2. The van der Waals surface area contributed by atoms with Crippen molar-refractivity contribution in [2.24, 2.45) is 11.7 Å². The molecule has 5 nitrogen and oxygen atoms in total. The van der Waals surface area contributed by atoms with E-state index in [-0.39, 0.29) is 12.3 Å². The van der Waals surface area contributed by atoms with Crippen LogP contribution in [0.15, 0.2) is 91.0 Å². The van der Waals surface area contributed by atoms with Gasteiger partial charge in [0.1, 0.15) is 11.5 Å². The van der Waals surface area contributed by atoms with Gasteiger partial charge in [-0.2, -0.15) is 5.26 Å². The molecule has 2 amide bonds. The van der Waals surface area contributed by atoms with Gasteiger partial charge in [-0.25, -0.2) is 0 Å². The fraction of sp³-hybridized carbons (Fsp3) is 0.192. The Morgan fingerprint density at radius 2 is 1.26 bits per heavy atom. The van der Waals surface area contributed by atoms with E-state index in [2.05, 4.69) is 11.4 Å². The highest BCUT2D eigenvalue weighted by atomic mass is 16.2. The zero-order valence-corrected chi connectivity index (χ0v) is 17.4. The van der Waals surface area contributed by atoms with Crippen LogP contribution in [0.1, 0.15) is 30.0 Å². The van der Waals surface area contributed by atoms with Crippen LogP contribution in [0.3, 0.4) is 0 Å². The first-order valence-corrected chi connectivity index (χ1v) is 10.2. The summed E-state index contributed by atoms with van der Waals surface area (Å²) in [6.07, 6.45) is 0.145. The molecule has 3 aromatic rings. The first-order valence-electron chi connectivity index (χ1n) is 10.2. The molecule has 0 saturated carbocycles. The minimum absolute atomic E-state index is 0.145. The largest absolute Gasteiger partial charge is 0.368 e. The third-order valence-corrected chi connectivity index (χ3v) is 5.42. The van der Waals surface area contributed by atoms with Gasteiger partial charge in [0.05, 0.1) is 6.07 Å². The summed E-state index contributed by atoms with van der Waals surface area (Å²) >= 11 is 0. The Labute approximate surface area is 182 Å². The van der Waals surface area contributed by atoms with Crippen LogP contribution in [0.2, 0.25) is 0 Å². The summed E-state index contributed by atoms with van der Waals surface area (Å²) in [6, 6.07) is 29.5. The highest BCUT2D eigenvalue weighted by Crippen LogP contribution is 2.39. The normalized spacial score (nSPS) is 12.9. The molecule has 0 aliphatic heterocycles. The van der Waals surface area contributed by atoms with Crippen LogP contribution < -0.4 is 11.1 Å². The van der Waals surface area contributed by atoms with Crippen molar-refractivity contribution < 1.29 is 9.59 Å². The van der Waals surface area contributed by atoms with E-state index in [1.54, 1.807) is 6.92 Å². The van der Waals surface area contributed by atoms with Crippen LogP contribution in [0.4, 0.5) is 0 Å². The maximum atomic E-state index is 14.0. The topological polar surface area (TPSA) is 96.0 Å². The second-order valence-corrected chi connectivity index (χ2v) is 7.54. The zero-order valence-electron chi connectivity index (χ0n) is 17.4. The summed E-state index contributed by atoms with van der Waals surface area (Å²) in [5.74, 6) is -1.47. The first kappa shape index (κ1) is 21.8. The molecule has 3 aromatic carbocycles. The molecule has 3 N–H and O–H groups in total. The number of nitriles is 1. The summed E-state index contributed by atoms with van der Waals surface area (Å²) in [5, 5.41) is 12.0. The monoisotopic (exact) mass is 411 g/mol. The molecule has 0 heterocycles. The Kier molecular flexibility index (Phi) is 6.84. The Bertz CT molecular complexity index is 963. The lowest BCUT2D eigenvalue weighted by molar-refractivity contribution is -0.129. The van der Waals surface area contributed by atoms with Gasteiger partial charge >= 0.3 is 0 Å². The molecule has 2 atom stereocenters. The number of rotatable bonds is 8. The smallest absolute Gasteiger partial charge is 0.240 e. The molecule has 31 heavy (non-hydrogen) atoms. The summed E-state index contributed by atoms with van der Waals surface area (Å²) in [6.45, 7) is 1.70. The first-order chi connectivity index (χ1) is 15.0. The minimum Gasteiger partial charge on any atom is -0.368 e. The van der Waals surface area contributed by atoms with E-state index in [1.165, 1.54) is 0 Å². The summed E-state index contributed by atoms with van der Waals surface area (Å²) in [5.41, 5.74) is 6.68. The molecular weight excluding hydrogens is 386 g/mol. The van der Waals surface area contributed by atoms with Gasteiger partial charge in [-0.1, -0.05) is 91.0 Å². The fourth-order valence-electron chi connectivity index (χ4n) is 3.88. The summed E-state index contributed by atoms with van der Waals surface area (Å²) < 4.78 is 0. The second kappa shape index (κ2) is 9.73. The Balaban J connectivity index is 2.21. The number of primary amides is 1. The van der Waals surface area contributed by atoms with Crippen LogP contribution in [0.5, 0.6) is 0 Å². The molecule has 0 aliphatic rings. The van der Waals surface area contributed by atoms with Gasteiger partial charge in [-0.3, -0.25) is 9.59 Å². The average molecular weight is 412 g/mol. The van der Waals surface area contributed by atoms with E-state index >= 15 is 0 Å². The van der Waals surface area contributed by atoms with Crippen LogP contribution >= 0.6 is 0 Å². The number of benzene rings is 3. The minimum atomic E-state index is -1.20.